The van der Waals surface area contributed by atoms with Crippen LogP contribution >= 0.6 is 0 Å². The lowest BCUT2D eigenvalue weighted by molar-refractivity contribution is 0.172. The Hall–Kier alpha value is -1.02. The van der Waals surface area contributed by atoms with E-state index < -0.39 is 0 Å². The molecule has 82 valence electrons. The molecule has 0 radical (unpaired) electrons. The molecule has 1 saturated carbocycles. The van der Waals surface area contributed by atoms with E-state index in [1.807, 2.05) is 0 Å². The highest BCUT2D eigenvalue weighted by atomic mass is 16.3. The smallest absolute Gasteiger partial charge is 0.0741 e. The monoisotopic (exact) mass is 205 g/mol. The SMILES string of the molecule is CCc1ccc(NC2CCCC2O)cc1. The molecule has 0 bridgehead atoms. The highest BCUT2D eigenvalue weighted by molar-refractivity contribution is 5.45. The van der Waals surface area contributed by atoms with Crippen molar-refractivity contribution in [1.29, 1.82) is 0 Å². The average Bonchev–Trinajstić information content (AvgIpc) is 2.66. The number of benzene rings is 1. The van der Waals surface area contributed by atoms with E-state index in [-0.39, 0.29) is 12.1 Å². The summed E-state index contributed by atoms with van der Waals surface area (Å²) in [5.41, 5.74) is 2.48. The van der Waals surface area contributed by atoms with Gasteiger partial charge in [-0.2, -0.15) is 0 Å². The normalized spacial score (nSPS) is 25.5. The molecular weight excluding hydrogens is 186 g/mol. The van der Waals surface area contributed by atoms with Crippen molar-refractivity contribution in [3.8, 4) is 0 Å². The van der Waals surface area contributed by atoms with Crippen molar-refractivity contribution in [1.82, 2.24) is 0 Å². The molecule has 1 aliphatic carbocycles. The highest BCUT2D eigenvalue weighted by Gasteiger charge is 2.24. The van der Waals surface area contributed by atoms with Crippen molar-refractivity contribution in [2.75, 3.05) is 5.32 Å². The van der Waals surface area contributed by atoms with Crippen molar-refractivity contribution in [2.24, 2.45) is 0 Å². The van der Waals surface area contributed by atoms with Gasteiger partial charge in [-0.25, -0.2) is 0 Å². The van der Waals surface area contributed by atoms with Crippen LogP contribution in [0.5, 0.6) is 0 Å². The van der Waals surface area contributed by atoms with Gasteiger partial charge in [-0.1, -0.05) is 19.1 Å². The summed E-state index contributed by atoms with van der Waals surface area (Å²) in [5.74, 6) is 0. The van der Waals surface area contributed by atoms with E-state index in [1.54, 1.807) is 0 Å². The third-order valence-electron chi connectivity index (χ3n) is 3.19. The van der Waals surface area contributed by atoms with E-state index in [0.717, 1.165) is 31.4 Å². The molecular formula is C13H19NO. The van der Waals surface area contributed by atoms with Gasteiger partial charge in [0.05, 0.1) is 12.1 Å². The number of aryl methyl sites for hydroxylation is 1. The summed E-state index contributed by atoms with van der Waals surface area (Å²) in [6.45, 7) is 2.16. The number of hydrogen-bond donors (Lipinski definition) is 2. The van der Waals surface area contributed by atoms with Crippen LogP contribution in [0, 0.1) is 0 Å². The Balaban J connectivity index is 1.98. The van der Waals surface area contributed by atoms with Crippen LogP contribution in [-0.4, -0.2) is 17.3 Å². The maximum Gasteiger partial charge on any atom is 0.0741 e. The fourth-order valence-electron chi connectivity index (χ4n) is 2.16. The van der Waals surface area contributed by atoms with Crippen molar-refractivity contribution in [3.63, 3.8) is 0 Å². The number of hydrogen-bond acceptors (Lipinski definition) is 2. The highest BCUT2D eigenvalue weighted by Crippen LogP contribution is 2.23. The number of anilines is 1. The van der Waals surface area contributed by atoms with E-state index in [2.05, 4.69) is 36.5 Å². The van der Waals surface area contributed by atoms with Gasteiger partial charge < -0.3 is 10.4 Å². The molecule has 1 fully saturated rings. The third kappa shape index (κ3) is 2.51. The van der Waals surface area contributed by atoms with Gasteiger partial charge in [0.1, 0.15) is 0 Å². The molecule has 0 aliphatic heterocycles. The van der Waals surface area contributed by atoms with Crippen LogP contribution < -0.4 is 5.32 Å². The molecule has 0 aromatic heterocycles. The molecule has 2 unspecified atom stereocenters. The Morgan fingerprint density at radius 3 is 2.53 bits per heavy atom. The Morgan fingerprint density at radius 2 is 2.00 bits per heavy atom. The number of rotatable bonds is 3. The molecule has 1 aromatic rings. The summed E-state index contributed by atoms with van der Waals surface area (Å²) in [6.07, 6.45) is 4.05. The van der Waals surface area contributed by atoms with Crippen LogP contribution in [0.2, 0.25) is 0 Å². The molecule has 0 amide bonds. The fraction of sp³-hybridized carbons (Fsp3) is 0.538. The van der Waals surface area contributed by atoms with Gasteiger partial charge in [-0.15, -0.1) is 0 Å². The van der Waals surface area contributed by atoms with Crippen LogP contribution in [0.4, 0.5) is 5.69 Å². The first-order valence-corrected chi connectivity index (χ1v) is 5.83. The summed E-state index contributed by atoms with van der Waals surface area (Å²) < 4.78 is 0. The zero-order chi connectivity index (χ0) is 10.7. The largest absolute Gasteiger partial charge is 0.391 e. The molecule has 0 spiro atoms. The summed E-state index contributed by atoms with van der Waals surface area (Å²) in [6, 6.07) is 8.73. The topological polar surface area (TPSA) is 32.3 Å². The predicted octanol–water partition coefficient (Wildman–Crippen LogP) is 2.57. The van der Waals surface area contributed by atoms with Gasteiger partial charge >= 0.3 is 0 Å². The molecule has 2 rings (SSSR count). The minimum absolute atomic E-state index is 0.171. The minimum atomic E-state index is -0.171. The summed E-state index contributed by atoms with van der Waals surface area (Å²) in [5, 5.41) is 13.1. The molecule has 0 saturated heterocycles. The second-order valence-electron chi connectivity index (χ2n) is 4.30. The molecule has 1 aromatic carbocycles. The quantitative estimate of drug-likeness (QED) is 0.795. The molecule has 2 N–H and O–H groups in total. The Morgan fingerprint density at radius 1 is 1.27 bits per heavy atom. The molecule has 2 heteroatoms. The summed E-state index contributed by atoms with van der Waals surface area (Å²) in [4.78, 5) is 0. The van der Waals surface area contributed by atoms with Crippen molar-refractivity contribution >= 4 is 5.69 Å². The van der Waals surface area contributed by atoms with Crippen molar-refractivity contribution < 1.29 is 5.11 Å². The lowest BCUT2D eigenvalue weighted by Crippen LogP contribution is -2.27. The van der Waals surface area contributed by atoms with Gasteiger partial charge in [0.2, 0.25) is 0 Å². The van der Waals surface area contributed by atoms with Crippen LogP contribution in [0.1, 0.15) is 31.7 Å². The van der Waals surface area contributed by atoms with Gasteiger partial charge in [0.25, 0.3) is 0 Å². The van der Waals surface area contributed by atoms with Crippen molar-refractivity contribution in [3.05, 3.63) is 29.8 Å². The third-order valence-corrected chi connectivity index (χ3v) is 3.19. The summed E-state index contributed by atoms with van der Waals surface area (Å²) >= 11 is 0. The second-order valence-corrected chi connectivity index (χ2v) is 4.30. The molecule has 0 heterocycles. The zero-order valence-electron chi connectivity index (χ0n) is 9.24. The van der Waals surface area contributed by atoms with Gasteiger partial charge in [-0.05, 0) is 43.4 Å². The lowest BCUT2D eigenvalue weighted by atomic mass is 10.1. The van der Waals surface area contributed by atoms with E-state index in [0.29, 0.717) is 0 Å². The second kappa shape index (κ2) is 4.67. The van der Waals surface area contributed by atoms with E-state index in [1.165, 1.54) is 5.56 Å². The Bertz CT molecular complexity index is 307. The van der Waals surface area contributed by atoms with E-state index >= 15 is 0 Å². The van der Waals surface area contributed by atoms with Crippen LogP contribution in [0.15, 0.2) is 24.3 Å². The average molecular weight is 205 g/mol. The van der Waals surface area contributed by atoms with Crippen molar-refractivity contribution in [2.45, 2.75) is 44.8 Å². The van der Waals surface area contributed by atoms with Crippen LogP contribution in [0.25, 0.3) is 0 Å². The fourth-order valence-corrected chi connectivity index (χ4v) is 2.16. The first-order valence-electron chi connectivity index (χ1n) is 5.83. The summed E-state index contributed by atoms with van der Waals surface area (Å²) in [7, 11) is 0. The first-order chi connectivity index (χ1) is 7.29. The molecule has 15 heavy (non-hydrogen) atoms. The maximum absolute atomic E-state index is 9.69. The molecule has 1 aliphatic rings. The van der Waals surface area contributed by atoms with Gasteiger partial charge in [-0.3, -0.25) is 0 Å². The van der Waals surface area contributed by atoms with Gasteiger partial charge in [0.15, 0.2) is 0 Å². The van der Waals surface area contributed by atoms with E-state index in [9.17, 15) is 5.11 Å². The zero-order valence-corrected chi connectivity index (χ0v) is 9.24. The number of nitrogens with one attached hydrogen (secondary N) is 1. The van der Waals surface area contributed by atoms with Crippen LogP contribution in [-0.2, 0) is 6.42 Å². The van der Waals surface area contributed by atoms with Gasteiger partial charge in [0, 0.05) is 5.69 Å². The number of aliphatic hydroxyl groups is 1. The minimum Gasteiger partial charge on any atom is -0.391 e. The Labute approximate surface area is 91.3 Å². The first kappa shape index (κ1) is 10.5. The van der Waals surface area contributed by atoms with E-state index in [4.69, 9.17) is 0 Å². The lowest BCUT2D eigenvalue weighted by Gasteiger charge is -2.17. The number of aliphatic hydroxyl groups excluding tert-OH is 1. The molecule has 2 atom stereocenters. The Kier molecular flexibility index (Phi) is 3.27. The predicted molar refractivity (Wildman–Crippen MR) is 63.1 cm³/mol. The maximum atomic E-state index is 9.69. The molecule has 2 nitrogen and oxygen atoms in total. The standard InChI is InChI=1S/C13H19NO/c1-2-10-6-8-11(9-7-10)14-12-4-3-5-13(12)15/h6-9,12-15H,2-5H2,1H3. The van der Waals surface area contributed by atoms with Crippen LogP contribution in [0.3, 0.4) is 0 Å².